The van der Waals surface area contributed by atoms with Gasteiger partial charge in [-0.3, -0.25) is 0 Å². The quantitative estimate of drug-likeness (QED) is 0.254. The van der Waals surface area contributed by atoms with E-state index in [1.54, 1.807) is 0 Å². The zero-order valence-electron chi connectivity index (χ0n) is 12.4. The van der Waals surface area contributed by atoms with Gasteiger partial charge >= 0.3 is 0 Å². The van der Waals surface area contributed by atoms with Crippen LogP contribution in [0.15, 0.2) is 37.0 Å². The molecule has 0 heteroatoms. The van der Waals surface area contributed by atoms with Gasteiger partial charge in [-0.2, -0.15) is 0 Å². The van der Waals surface area contributed by atoms with E-state index in [0.717, 1.165) is 6.42 Å². The Morgan fingerprint density at radius 2 is 1.22 bits per heavy atom. The van der Waals surface area contributed by atoms with Crippen LogP contribution in [0, 0.1) is 0 Å². The third-order valence-electron chi connectivity index (χ3n) is 3.11. The van der Waals surface area contributed by atoms with E-state index in [1.807, 2.05) is 6.08 Å². The molecule has 0 heterocycles. The van der Waals surface area contributed by atoms with E-state index in [0.29, 0.717) is 0 Å². The first-order chi connectivity index (χ1) is 8.91. The van der Waals surface area contributed by atoms with Crippen LogP contribution in [0.2, 0.25) is 0 Å². The second kappa shape index (κ2) is 16.2. The summed E-state index contributed by atoms with van der Waals surface area (Å²) in [5, 5.41) is 0. The summed E-state index contributed by atoms with van der Waals surface area (Å²) < 4.78 is 0. The lowest BCUT2D eigenvalue weighted by atomic mass is 10.1. The third-order valence-corrected chi connectivity index (χ3v) is 3.11. The first kappa shape index (κ1) is 17.2. The third kappa shape index (κ3) is 15.2. The number of unbranched alkanes of at least 4 members (excludes halogenated alkanes) is 8. The molecule has 0 spiro atoms. The lowest BCUT2D eigenvalue weighted by Gasteiger charge is -1.96. The molecule has 0 aromatic heterocycles. The Balaban J connectivity index is 3.15. The highest BCUT2D eigenvalue weighted by Gasteiger charge is 1.86. The molecule has 0 unspecified atom stereocenters. The van der Waals surface area contributed by atoms with Crippen molar-refractivity contribution in [3.63, 3.8) is 0 Å². The van der Waals surface area contributed by atoms with Gasteiger partial charge in [0, 0.05) is 0 Å². The smallest absolute Gasteiger partial charge is 0.0169 e. The van der Waals surface area contributed by atoms with Crippen LogP contribution < -0.4 is 0 Å². The minimum atomic E-state index is 1.11. The molecule has 0 aliphatic heterocycles. The molecule has 0 N–H and O–H groups in total. The highest BCUT2D eigenvalue weighted by molar-refractivity contribution is 4.92. The van der Waals surface area contributed by atoms with Gasteiger partial charge in [-0.1, -0.05) is 63.0 Å². The Morgan fingerprint density at radius 1 is 0.667 bits per heavy atom. The van der Waals surface area contributed by atoms with E-state index >= 15 is 0 Å². The molecule has 104 valence electrons. The van der Waals surface area contributed by atoms with Gasteiger partial charge < -0.3 is 0 Å². The van der Waals surface area contributed by atoms with Crippen molar-refractivity contribution in [2.24, 2.45) is 0 Å². The summed E-state index contributed by atoms with van der Waals surface area (Å²) in [6.45, 7) is 6.00. The minimum absolute atomic E-state index is 1.11. The van der Waals surface area contributed by atoms with Crippen LogP contribution in [0.4, 0.5) is 0 Å². The minimum Gasteiger partial charge on any atom is -0.103 e. The van der Waals surface area contributed by atoms with Gasteiger partial charge in [0.2, 0.25) is 0 Å². The fraction of sp³-hybridized carbons (Fsp3) is 0.667. The highest BCUT2D eigenvalue weighted by atomic mass is 13.9. The molecule has 18 heavy (non-hydrogen) atoms. The van der Waals surface area contributed by atoms with Crippen molar-refractivity contribution < 1.29 is 0 Å². The summed E-state index contributed by atoms with van der Waals surface area (Å²) in [6, 6.07) is 0. The molecule has 0 radical (unpaired) electrons. The second-order valence-corrected chi connectivity index (χ2v) is 4.95. The molecule has 0 aromatic rings. The Labute approximate surface area is 115 Å². The summed E-state index contributed by atoms with van der Waals surface area (Å²) in [5.41, 5.74) is 0. The predicted molar refractivity (Wildman–Crippen MR) is 84.9 cm³/mol. The maximum Gasteiger partial charge on any atom is -0.0169 e. The van der Waals surface area contributed by atoms with E-state index in [2.05, 4.69) is 37.8 Å². The van der Waals surface area contributed by atoms with Gasteiger partial charge in [0.15, 0.2) is 0 Å². The van der Waals surface area contributed by atoms with Crippen LogP contribution >= 0.6 is 0 Å². The largest absolute Gasteiger partial charge is 0.103 e. The Bertz CT molecular complexity index is 210. The first-order valence-electron chi connectivity index (χ1n) is 7.82. The highest BCUT2D eigenvalue weighted by Crippen LogP contribution is 2.06. The van der Waals surface area contributed by atoms with Crippen LogP contribution in [0.1, 0.15) is 77.6 Å². The Kier molecular flexibility index (Phi) is 15.5. The van der Waals surface area contributed by atoms with Crippen molar-refractivity contribution in [2.75, 3.05) is 0 Å². The second-order valence-electron chi connectivity index (χ2n) is 4.95. The van der Waals surface area contributed by atoms with E-state index < -0.39 is 0 Å². The number of rotatable bonds is 13. The van der Waals surface area contributed by atoms with Crippen molar-refractivity contribution in [1.29, 1.82) is 0 Å². The molecule has 0 fully saturated rings. The Hall–Kier alpha value is -0.780. The molecule has 0 nitrogen and oxygen atoms in total. The number of hydrogen-bond donors (Lipinski definition) is 0. The lowest BCUT2D eigenvalue weighted by molar-refractivity contribution is 0.652. The molecule has 0 bridgehead atoms. The molecular formula is C18H32. The number of hydrogen-bond acceptors (Lipinski definition) is 0. The predicted octanol–water partition coefficient (Wildman–Crippen LogP) is 6.60. The fourth-order valence-electron chi connectivity index (χ4n) is 1.92. The van der Waals surface area contributed by atoms with Gasteiger partial charge in [0.05, 0.1) is 0 Å². The van der Waals surface area contributed by atoms with Crippen molar-refractivity contribution >= 4 is 0 Å². The summed E-state index contributed by atoms with van der Waals surface area (Å²) in [5.74, 6) is 0. The fourth-order valence-corrected chi connectivity index (χ4v) is 1.92. The van der Waals surface area contributed by atoms with Gasteiger partial charge in [-0.25, -0.2) is 0 Å². The maximum atomic E-state index is 3.74. The van der Waals surface area contributed by atoms with E-state index in [-0.39, 0.29) is 0 Å². The van der Waals surface area contributed by atoms with Gasteiger partial charge in [-0.15, -0.1) is 6.58 Å². The standard InChI is InChI=1S/C18H32/c1-3-5-7-9-11-13-15-17-18-16-14-12-10-8-6-4-2/h3,12,14,17-18H,1,4-11,13,15-16H2,2H3. The van der Waals surface area contributed by atoms with Crippen LogP contribution in [0.25, 0.3) is 0 Å². The summed E-state index contributed by atoms with van der Waals surface area (Å²) in [4.78, 5) is 0. The van der Waals surface area contributed by atoms with Crippen molar-refractivity contribution in [3.8, 4) is 0 Å². The monoisotopic (exact) mass is 248 g/mol. The topological polar surface area (TPSA) is 0 Å². The zero-order valence-corrected chi connectivity index (χ0v) is 12.4. The van der Waals surface area contributed by atoms with Gasteiger partial charge in [-0.05, 0) is 44.9 Å². The van der Waals surface area contributed by atoms with Gasteiger partial charge in [0.1, 0.15) is 0 Å². The molecule has 0 aromatic carbocycles. The molecule has 0 aliphatic rings. The van der Waals surface area contributed by atoms with Crippen molar-refractivity contribution in [1.82, 2.24) is 0 Å². The van der Waals surface area contributed by atoms with Crippen LogP contribution in [-0.4, -0.2) is 0 Å². The Morgan fingerprint density at radius 3 is 1.78 bits per heavy atom. The van der Waals surface area contributed by atoms with Crippen LogP contribution in [0.5, 0.6) is 0 Å². The normalized spacial score (nSPS) is 11.6. The maximum absolute atomic E-state index is 3.74. The van der Waals surface area contributed by atoms with E-state index in [1.165, 1.54) is 64.2 Å². The zero-order chi connectivity index (χ0) is 13.3. The van der Waals surface area contributed by atoms with E-state index in [4.69, 9.17) is 0 Å². The molecule has 0 atom stereocenters. The van der Waals surface area contributed by atoms with Crippen LogP contribution in [0.3, 0.4) is 0 Å². The average molecular weight is 248 g/mol. The average Bonchev–Trinajstić information content (AvgIpc) is 2.39. The first-order valence-corrected chi connectivity index (χ1v) is 7.82. The van der Waals surface area contributed by atoms with Gasteiger partial charge in [0.25, 0.3) is 0 Å². The van der Waals surface area contributed by atoms with Crippen molar-refractivity contribution in [2.45, 2.75) is 77.6 Å². The molecule has 0 saturated heterocycles. The molecule has 0 aliphatic carbocycles. The lowest BCUT2D eigenvalue weighted by Crippen LogP contribution is -1.76. The summed E-state index contributed by atoms with van der Waals surface area (Å²) in [7, 11) is 0. The summed E-state index contributed by atoms with van der Waals surface area (Å²) >= 11 is 0. The summed E-state index contributed by atoms with van der Waals surface area (Å²) in [6.07, 6.45) is 25.5. The van der Waals surface area contributed by atoms with Crippen LogP contribution in [-0.2, 0) is 0 Å². The van der Waals surface area contributed by atoms with Crippen molar-refractivity contribution in [3.05, 3.63) is 37.0 Å². The molecule has 0 rings (SSSR count). The molecule has 0 saturated carbocycles. The van der Waals surface area contributed by atoms with E-state index in [9.17, 15) is 0 Å². The molecular weight excluding hydrogens is 216 g/mol. The SMILES string of the molecule is C=CCCCCCCC=CCC=CCCCCC. The molecule has 0 amide bonds. The number of allylic oxidation sites excluding steroid dienone is 5.